The zero-order chi connectivity index (χ0) is 33.2. The summed E-state index contributed by atoms with van der Waals surface area (Å²) < 4.78 is 8.92. The van der Waals surface area contributed by atoms with Crippen LogP contribution in [0.2, 0.25) is 0 Å². The van der Waals surface area contributed by atoms with Crippen molar-refractivity contribution < 1.29 is 4.42 Å². The highest BCUT2D eigenvalue weighted by molar-refractivity contribution is 6.17. The summed E-state index contributed by atoms with van der Waals surface area (Å²) in [6, 6.07) is 56.2. The van der Waals surface area contributed by atoms with E-state index >= 15 is 0 Å². The summed E-state index contributed by atoms with van der Waals surface area (Å²) in [5.41, 5.74) is 9.04. The maximum Gasteiger partial charge on any atom is 0.160 e. The van der Waals surface area contributed by atoms with Crippen LogP contribution in [-0.2, 0) is 0 Å². The van der Waals surface area contributed by atoms with Crippen molar-refractivity contribution in [1.82, 2.24) is 14.5 Å². The standard InChI is InChI=1S/C45H26N4O/c46-27-38-43(31-20-19-28-11-7-8-14-30(28)23-31)47-45(29-12-3-1-4-13-29)48-44(38)32-21-22-35-37-25-40-36(26-42(37)50-41(35)24-32)34-17-9-10-18-39(34)49(40)33-15-5-2-6-16-33/h1-26H. The smallest absolute Gasteiger partial charge is 0.160 e. The van der Waals surface area contributed by atoms with Crippen molar-refractivity contribution in [2.24, 2.45) is 0 Å². The Kier molecular flexibility index (Phi) is 6.17. The molecule has 0 aliphatic rings. The quantitative estimate of drug-likeness (QED) is 0.192. The summed E-state index contributed by atoms with van der Waals surface area (Å²) in [5, 5.41) is 17.2. The van der Waals surface area contributed by atoms with Gasteiger partial charge < -0.3 is 8.98 Å². The van der Waals surface area contributed by atoms with Crippen LogP contribution in [0.25, 0.3) is 94.1 Å². The Morgan fingerprint density at radius 1 is 0.480 bits per heavy atom. The first-order chi connectivity index (χ1) is 24.7. The molecular weight excluding hydrogens is 613 g/mol. The lowest BCUT2D eigenvalue weighted by atomic mass is 9.97. The molecule has 0 saturated carbocycles. The molecule has 5 nitrogen and oxygen atoms in total. The average molecular weight is 639 g/mol. The maximum absolute atomic E-state index is 10.7. The number of para-hydroxylation sites is 2. The van der Waals surface area contributed by atoms with E-state index in [1.54, 1.807) is 0 Å². The van der Waals surface area contributed by atoms with Gasteiger partial charge in [-0.1, -0.05) is 109 Å². The molecule has 0 unspecified atom stereocenters. The molecular formula is C45H26N4O. The lowest BCUT2D eigenvalue weighted by Gasteiger charge is -2.13. The molecule has 0 saturated heterocycles. The third-order valence-corrected chi connectivity index (χ3v) is 9.63. The third-order valence-electron chi connectivity index (χ3n) is 9.63. The van der Waals surface area contributed by atoms with Crippen LogP contribution in [0.1, 0.15) is 5.56 Å². The molecule has 0 aliphatic carbocycles. The zero-order valence-electron chi connectivity index (χ0n) is 26.7. The van der Waals surface area contributed by atoms with Crippen molar-refractivity contribution in [3.63, 3.8) is 0 Å². The van der Waals surface area contributed by atoms with E-state index in [0.717, 1.165) is 71.5 Å². The van der Waals surface area contributed by atoms with Crippen LogP contribution in [-0.4, -0.2) is 14.5 Å². The van der Waals surface area contributed by atoms with Gasteiger partial charge in [-0.3, -0.25) is 0 Å². The Labute approximate surface area is 286 Å². The number of hydrogen-bond acceptors (Lipinski definition) is 4. The predicted molar refractivity (Wildman–Crippen MR) is 202 cm³/mol. The van der Waals surface area contributed by atoms with Crippen LogP contribution in [0.4, 0.5) is 0 Å². The molecule has 7 aromatic carbocycles. The van der Waals surface area contributed by atoms with Gasteiger partial charge in [-0.05, 0) is 59.3 Å². The van der Waals surface area contributed by atoms with E-state index in [-0.39, 0.29) is 0 Å². The van der Waals surface area contributed by atoms with Gasteiger partial charge in [0.2, 0.25) is 0 Å². The number of nitrogens with zero attached hydrogens (tertiary/aromatic N) is 4. The van der Waals surface area contributed by atoms with E-state index in [2.05, 4.69) is 102 Å². The van der Waals surface area contributed by atoms with Crippen LogP contribution >= 0.6 is 0 Å². The summed E-state index contributed by atoms with van der Waals surface area (Å²) >= 11 is 0. The Bertz CT molecular complexity index is 2990. The van der Waals surface area contributed by atoms with Crippen LogP contribution in [0, 0.1) is 11.3 Å². The molecule has 232 valence electrons. The van der Waals surface area contributed by atoms with Gasteiger partial charge in [0, 0.05) is 43.9 Å². The molecule has 3 aromatic heterocycles. The average Bonchev–Trinajstić information content (AvgIpc) is 3.71. The van der Waals surface area contributed by atoms with Gasteiger partial charge in [-0.15, -0.1) is 0 Å². The van der Waals surface area contributed by atoms with Gasteiger partial charge in [0.1, 0.15) is 22.8 Å². The Morgan fingerprint density at radius 3 is 1.94 bits per heavy atom. The minimum atomic E-state index is 0.421. The monoisotopic (exact) mass is 638 g/mol. The highest BCUT2D eigenvalue weighted by Crippen LogP contribution is 2.40. The lowest BCUT2D eigenvalue weighted by Crippen LogP contribution is -2.01. The number of nitriles is 1. The fourth-order valence-corrected chi connectivity index (χ4v) is 7.28. The number of rotatable bonds is 4. The summed E-state index contributed by atoms with van der Waals surface area (Å²) in [6.45, 7) is 0. The van der Waals surface area contributed by atoms with Crippen LogP contribution in [0.5, 0.6) is 0 Å². The van der Waals surface area contributed by atoms with E-state index in [1.165, 1.54) is 5.39 Å². The SMILES string of the molecule is N#Cc1c(-c2ccc3ccccc3c2)nc(-c2ccccc2)nc1-c1ccc2c(c1)oc1cc3c4ccccc4n(-c4ccccc4)c3cc12. The highest BCUT2D eigenvalue weighted by atomic mass is 16.3. The minimum Gasteiger partial charge on any atom is -0.456 e. The lowest BCUT2D eigenvalue weighted by molar-refractivity contribution is 0.669. The molecule has 0 fully saturated rings. The third kappa shape index (κ3) is 4.33. The second kappa shape index (κ2) is 11.0. The molecule has 3 heterocycles. The van der Waals surface area contributed by atoms with Crippen molar-refractivity contribution in [3.8, 4) is 45.7 Å². The number of benzene rings is 7. The number of fused-ring (bicyclic) bond motifs is 7. The largest absolute Gasteiger partial charge is 0.456 e. The topological polar surface area (TPSA) is 67.6 Å². The van der Waals surface area contributed by atoms with Gasteiger partial charge in [0.25, 0.3) is 0 Å². The van der Waals surface area contributed by atoms with Crippen molar-refractivity contribution >= 4 is 54.5 Å². The predicted octanol–water partition coefficient (Wildman–Crippen LogP) is 11.5. The molecule has 10 aromatic rings. The molecule has 0 amide bonds. The first kappa shape index (κ1) is 28.0. The van der Waals surface area contributed by atoms with Crippen LogP contribution in [0.3, 0.4) is 0 Å². The van der Waals surface area contributed by atoms with E-state index in [9.17, 15) is 5.26 Å². The van der Waals surface area contributed by atoms with Crippen molar-refractivity contribution in [3.05, 3.63) is 163 Å². The van der Waals surface area contributed by atoms with E-state index < -0.39 is 0 Å². The molecule has 0 bridgehead atoms. The fourth-order valence-electron chi connectivity index (χ4n) is 7.28. The first-order valence-corrected chi connectivity index (χ1v) is 16.6. The second-order valence-corrected chi connectivity index (χ2v) is 12.5. The summed E-state index contributed by atoms with van der Waals surface area (Å²) in [4.78, 5) is 10.0. The van der Waals surface area contributed by atoms with Gasteiger partial charge in [0.15, 0.2) is 5.82 Å². The van der Waals surface area contributed by atoms with Crippen LogP contribution < -0.4 is 0 Å². The van der Waals surface area contributed by atoms with Crippen molar-refractivity contribution in [2.45, 2.75) is 0 Å². The molecule has 10 rings (SSSR count). The van der Waals surface area contributed by atoms with Crippen LogP contribution in [0.15, 0.2) is 162 Å². The molecule has 50 heavy (non-hydrogen) atoms. The normalized spacial score (nSPS) is 11.6. The van der Waals surface area contributed by atoms with Gasteiger partial charge in [-0.25, -0.2) is 9.97 Å². The molecule has 0 N–H and O–H groups in total. The highest BCUT2D eigenvalue weighted by Gasteiger charge is 2.21. The Morgan fingerprint density at radius 2 is 1.14 bits per heavy atom. The number of aromatic nitrogens is 3. The molecule has 0 aliphatic heterocycles. The Hall–Kier alpha value is -7.03. The van der Waals surface area contributed by atoms with Crippen molar-refractivity contribution in [2.75, 3.05) is 0 Å². The number of hydrogen-bond donors (Lipinski definition) is 0. The number of furan rings is 1. The summed E-state index contributed by atoms with van der Waals surface area (Å²) in [6.07, 6.45) is 0. The van der Waals surface area contributed by atoms with Gasteiger partial charge in [0.05, 0.1) is 22.4 Å². The maximum atomic E-state index is 10.7. The molecule has 0 spiro atoms. The summed E-state index contributed by atoms with van der Waals surface area (Å²) in [5.74, 6) is 0.559. The Balaban J connectivity index is 1.20. The van der Waals surface area contributed by atoms with E-state index in [1.807, 2.05) is 66.7 Å². The van der Waals surface area contributed by atoms with Gasteiger partial charge in [-0.2, -0.15) is 5.26 Å². The van der Waals surface area contributed by atoms with Crippen molar-refractivity contribution in [1.29, 1.82) is 5.26 Å². The zero-order valence-corrected chi connectivity index (χ0v) is 26.7. The molecule has 0 atom stereocenters. The molecule has 0 radical (unpaired) electrons. The summed E-state index contributed by atoms with van der Waals surface area (Å²) in [7, 11) is 0. The minimum absolute atomic E-state index is 0.421. The molecule has 5 heteroatoms. The second-order valence-electron chi connectivity index (χ2n) is 12.5. The fraction of sp³-hybridized carbons (Fsp3) is 0. The van der Waals surface area contributed by atoms with E-state index in [4.69, 9.17) is 14.4 Å². The van der Waals surface area contributed by atoms with Gasteiger partial charge >= 0.3 is 0 Å². The first-order valence-electron chi connectivity index (χ1n) is 16.6. The van der Waals surface area contributed by atoms with E-state index in [0.29, 0.717) is 22.8 Å².